The van der Waals surface area contributed by atoms with Gasteiger partial charge in [0.15, 0.2) is 0 Å². The lowest BCUT2D eigenvalue weighted by atomic mass is 9.83. The van der Waals surface area contributed by atoms with Crippen molar-refractivity contribution in [3.05, 3.63) is 33.7 Å². The van der Waals surface area contributed by atoms with Crippen molar-refractivity contribution in [1.82, 2.24) is 9.47 Å². The standard InChI is InChI=1S/C17H21N3O3/c1-17(2,3)23-16(22)19-8-12-4-13(10-19)14-5-11(7-18)6-15(21)20(14)9-12/h5-6,12-13H,4,8-10H2,1-3H3/t12?,13-/m0/s1. The van der Waals surface area contributed by atoms with Gasteiger partial charge >= 0.3 is 6.09 Å². The molecule has 6 nitrogen and oxygen atoms in total. The maximum atomic E-state index is 12.3. The summed E-state index contributed by atoms with van der Waals surface area (Å²) < 4.78 is 7.22. The van der Waals surface area contributed by atoms with E-state index in [1.807, 2.05) is 26.8 Å². The van der Waals surface area contributed by atoms with Crippen molar-refractivity contribution in [2.75, 3.05) is 13.1 Å². The number of nitrogens with zero attached hydrogens (tertiary/aromatic N) is 3. The molecule has 122 valence electrons. The van der Waals surface area contributed by atoms with Gasteiger partial charge in [0.25, 0.3) is 5.56 Å². The van der Waals surface area contributed by atoms with Crippen molar-refractivity contribution in [2.45, 2.75) is 45.3 Å². The van der Waals surface area contributed by atoms with Gasteiger partial charge in [0.05, 0.1) is 11.6 Å². The minimum atomic E-state index is -0.521. The average molecular weight is 315 g/mol. The van der Waals surface area contributed by atoms with Crippen LogP contribution < -0.4 is 5.56 Å². The van der Waals surface area contributed by atoms with E-state index in [-0.39, 0.29) is 23.5 Å². The molecule has 0 spiro atoms. The van der Waals surface area contributed by atoms with Crippen molar-refractivity contribution in [1.29, 1.82) is 5.26 Å². The number of likely N-dealkylation sites (tertiary alicyclic amines) is 1. The molecule has 0 N–H and O–H groups in total. The van der Waals surface area contributed by atoms with Crippen LogP contribution in [-0.4, -0.2) is 34.3 Å². The van der Waals surface area contributed by atoms with Gasteiger partial charge in [0.1, 0.15) is 5.60 Å². The Morgan fingerprint density at radius 2 is 2.04 bits per heavy atom. The molecule has 2 aliphatic rings. The molecule has 0 radical (unpaired) electrons. The molecule has 1 amide bonds. The van der Waals surface area contributed by atoms with E-state index >= 15 is 0 Å². The Bertz CT molecular complexity index is 739. The minimum absolute atomic E-state index is 0.0796. The van der Waals surface area contributed by atoms with Crippen LogP contribution in [0.5, 0.6) is 0 Å². The number of hydrogen-bond acceptors (Lipinski definition) is 4. The predicted molar refractivity (Wildman–Crippen MR) is 84.1 cm³/mol. The predicted octanol–water partition coefficient (Wildman–Crippen LogP) is 2.07. The number of amides is 1. The maximum Gasteiger partial charge on any atom is 0.410 e. The summed E-state index contributed by atoms with van der Waals surface area (Å²) in [4.78, 5) is 26.2. The fourth-order valence-corrected chi connectivity index (χ4v) is 3.50. The van der Waals surface area contributed by atoms with Crippen LogP contribution in [0.4, 0.5) is 4.79 Å². The first kappa shape index (κ1) is 15.6. The highest BCUT2D eigenvalue weighted by atomic mass is 16.6. The molecule has 1 aromatic rings. The molecule has 6 heteroatoms. The molecule has 2 aliphatic heterocycles. The number of nitriles is 1. The highest BCUT2D eigenvalue weighted by Crippen LogP contribution is 2.35. The van der Waals surface area contributed by atoms with Gasteiger partial charge in [0, 0.05) is 37.3 Å². The lowest BCUT2D eigenvalue weighted by molar-refractivity contribution is 0.0102. The number of fused-ring (bicyclic) bond motifs is 4. The molecular formula is C17H21N3O3. The van der Waals surface area contributed by atoms with Crippen LogP contribution in [0, 0.1) is 17.2 Å². The van der Waals surface area contributed by atoms with Crippen molar-refractivity contribution in [2.24, 2.45) is 5.92 Å². The summed E-state index contributed by atoms with van der Waals surface area (Å²) in [5.41, 5.74) is 0.596. The Morgan fingerprint density at radius 3 is 2.70 bits per heavy atom. The average Bonchev–Trinajstić information content (AvgIpc) is 2.46. The molecule has 2 bridgehead atoms. The summed E-state index contributed by atoms with van der Waals surface area (Å²) in [5, 5.41) is 9.07. The first-order chi connectivity index (χ1) is 10.8. The molecule has 3 rings (SSSR count). The Hall–Kier alpha value is -2.29. The number of rotatable bonds is 0. The third kappa shape index (κ3) is 3.09. The quantitative estimate of drug-likeness (QED) is 0.734. The Labute approximate surface area is 135 Å². The molecule has 1 saturated heterocycles. The van der Waals surface area contributed by atoms with Crippen LogP contribution in [0.2, 0.25) is 0 Å². The lowest BCUT2D eigenvalue weighted by Gasteiger charge is -2.42. The van der Waals surface area contributed by atoms with Crippen molar-refractivity contribution < 1.29 is 9.53 Å². The van der Waals surface area contributed by atoms with Crippen LogP contribution in [0.3, 0.4) is 0 Å². The monoisotopic (exact) mass is 315 g/mol. The first-order valence-electron chi connectivity index (χ1n) is 7.89. The fraction of sp³-hybridized carbons (Fsp3) is 0.588. The van der Waals surface area contributed by atoms with E-state index in [2.05, 4.69) is 0 Å². The van der Waals surface area contributed by atoms with Crippen LogP contribution >= 0.6 is 0 Å². The van der Waals surface area contributed by atoms with Crippen molar-refractivity contribution in [3.8, 4) is 6.07 Å². The van der Waals surface area contributed by atoms with E-state index in [0.717, 1.165) is 12.1 Å². The smallest absolute Gasteiger partial charge is 0.410 e. The Morgan fingerprint density at radius 1 is 1.30 bits per heavy atom. The lowest BCUT2D eigenvalue weighted by Crippen LogP contribution is -2.50. The second-order valence-corrected chi connectivity index (χ2v) is 7.41. The molecule has 1 unspecified atom stereocenters. The van der Waals surface area contributed by atoms with E-state index in [0.29, 0.717) is 25.2 Å². The van der Waals surface area contributed by atoms with Crippen molar-refractivity contribution >= 4 is 6.09 Å². The molecule has 23 heavy (non-hydrogen) atoms. The van der Waals surface area contributed by atoms with Crippen LogP contribution in [0.1, 0.15) is 44.4 Å². The SMILES string of the molecule is CC(C)(C)OC(=O)N1CC2C[C@@H](C1)c1cc(C#N)cc(=O)n1C2. The van der Waals surface area contributed by atoms with Gasteiger partial charge < -0.3 is 14.2 Å². The van der Waals surface area contributed by atoms with Crippen molar-refractivity contribution in [3.63, 3.8) is 0 Å². The summed E-state index contributed by atoms with van der Waals surface area (Å²) in [7, 11) is 0. The zero-order chi connectivity index (χ0) is 16.8. The van der Waals surface area contributed by atoms with Gasteiger partial charge in [-0.3, -0.25) is 4.79 Å². The number of pyridine rings is 1. The molecule has 1 fully saturated rings. The maximum absolute atomic E-state index is 12.3. The highest BCUT2D eigenvalue weighted by Gasteiger charge is 2.37. The van der Waals surface area contributed by atoms with E-state index in [4.69, 9.17) is 10.00 Å². The van der Waals surface area contributed by atoms with E-state index in [9.17, 15) is 9.59 Å². The Balaban J connectivity index is 1.88. The van der Waals surface area contributed by atoms with E-state index < -0.39 is 5.60 Å². The van der Waals surface area contributed by atoms with Crippen LogP contribution in [0.15, 0.2) is 16.9 Å². The van der Waals surface area contributed by atoms with Gasteiger partial charge in [-0.15, -0.1) is 0 Å². The summed E-state index contributed by atoms with van der Waals surface area (Å²) in [5.74, 6) is 0.329. The van der Waals surface area contributed by atoms with Gasteiger partial charge in [-0.25, -0.2) is 4.79 Å². The van der Waals surface area contributed by atoms with E-state index in [1.165, 1.54) is 6.07 Å². The zero-order valence-corrected chi connectivity index (χ0v) is 13.7. The van der Waals surface area contributed by atoms with Gasteiger partial charge in [-0.05, 0) is 39.2 Å². The molecule has 2 atom stereocenters. The highest BCUT2D eigenvalue weighted by molar-refractivity contribution is 5.68. The van der Waals surface area contributed by atoms with Gasteiger partial charge in [-0.2, -0.15) is 5.26 Å². The number of carbonyl (C=O) groups is 1. The van der Waals surface area contributed by atoms with Crippen LogP contribution in [0.25, 0.3) is 0 Å². The van der Waals surface area contributed by atoms with Gasteiger partial charge in [0.2, 0.25) is 0 Å². The second-order valence-electron chi connectivity index (χ2n) is 7.41. The largest absolute Gasteiger partial charge is 0.444 e. The molecule has 3 heterocycles. The molecule has 0 aliphatic carbocycles. The minimum Gasteiger partial charge on any atom is -0.444 e. The summed E-state index contributed by atoms with van der Waals surface area (Å²) >= 11 is 0. The molecule has 1 aromatic heterocycles. The number of hydrogen-bond donors (Lipinski definition) is 0. The molecule has 0 aromatic carbocycles. The second kappa shape index (κ2) is 5.41. The number of piperidine rings is 1. The molecule has 0 saturated carbocycles. The van der Waals surface area contributed by atoms with E-state index in [1.54, 1.807) is 15.5 Å². The summed E-state index contributed by atoms with van der Waals surface area (Å²) in [6.07, 6.45) is 0.632. The fourth-order valence-electron chi connectivity index (χ4n) is 3.50. The first-order valence-corrected chi connectivity index (χ1v) is 7.89. The number of aromatic nitrogens is 1. The third-order valence-electron chi connectivity index (χ3n) is 4.34. The normalized spacial score (nSPS) is 23.0. The third-order valence-corrected chi connectivity index (χ3v) is 4.34. The van der Waals surface area contributed by atoms with Gasteiger partial charge in [-0.1, -0.05) is 0 Å². The summed E-state index contributed by atoms with van der Waals surface area (Å²) in [6.45, 7) is 7.28. The van der Waals surface area contributed by atoms with Crippen LogP contribution in [-0.2, 0) is 11.3 Å². The Kier molecular flexibility index (Phi) is 3.67. The summed E-state index contributed by atoms with van der Waals surface area (Å²) in [6, 6.07) is 5.20. The number of ether oxygens (including phenoxy) is 1. The molecular weight excluding hydrogens is 294 g/mol. The zero-order valence-electron chi connectivity index (χ0n) is 13.7. The topological polar surface area (TPSA) is 75.3 Å². The number of carbonyl (C=O) groups excluding carboxylic acids is 1.